The number of nitrogens with one attached hydrogen (secondary N) is 3. The van der Waals surface area contributed by atoms with E-state index in [0.717, 1.165) is 80.0 Å². The van der Waals surface area contributed by atoms with Crippen LogP contribution in [0.2, 0.25) is 0 Å². The second kappa shape index (κ2) is 21.1. The molecular weight excluding hydrogens is 856 g/mol. The molecule has 8 rings (SSSR count). The number of halogens is 5. The first-order valence-corrected chi connectivity index (χ1v) is 22.6. The van der Waals surface area contributed by atoms with Gasteiger partial charge in [0.05, 0.1) is 22.8 Å². The monoisotopic (exact) mass is 918 g/mol. The van der Waals surface area contributed by atoms with E-state index < -0.39 is 11.8 Å². The maximum Gasteiger partial charge on any atom is 0.253 e. The lowest BCUT2D eigenvalue weighted by molar-refractivity contribution is -0.0366. The highest BCUT2D eigenvalue weighted by Crippen LogP contribution is 2.35. The predicted octanol–water partition coefficient (Wildman–Crippen LogP) is 6.70. The van der Waals surface area contributed by atoms with Crippen LogP contribution in [0.5, 0.6) is 0 Å². The van der Waals surface area contributed by atoms with Gasteiger partial charge in [-0.15, -0.1) is 0 Å². The second-order valence-corrected chi connectivity index (χ2v) is 17.6. The fourth-order valence-corrected chi connectivity index (χ4v) is 8.20. The van der Waals surface area contributed by atoms with Crippen LogP contribution < -0.4 is 16.0 Å². The van der Waals surface area contributed by atoms with Crippen molar-refractivity contribution in [3.63, 3.8) is 0 Å². The van der Waals surface area contributed by atoms with Gasteiger partial charge in [0.2, 0.25) is 11.8 Å². The van der Waals surface area contributed by atoms with Crippen molar-refractivity contribution in [3.8, 4) is 11.9 Å². The molecule has 14 nitrogen and oxygen atoms in total. The zero-order valence-corrected chi connectivity index (χ0v) is 38.1. The first-order valence-electron chi connectivity index (χ1n) is 21.5. The molecule has 0 bridgehead atoms. The Morgan fingerprint density at radius 2 is 1.05 bits per heavy atom. The van der Waals surface area contributed by atoms with Gasteiger partial charge in [0.1, 0.15) is 11.6 Å². The van der Waals surface area contributed by atoms with E-state index in [4.69, 9.17) is 4.98 Å². The number of piperazine rings is 2. The summed E-state index contributed by atoms with van der Waals surface area (Å²) in [5.41, 5.74) is 5.45. The van der Waals surface area contributed by atoms with Gasteiger partial charge in [-0.2, -0.15) is 20.2 Å². The Balaban J connectivity index is 0.000000179. The van der Waals surface area contributed by atoms with Crippen LogP contribution in [0.3, 0.4) is 0 Å². The molecule has 4 aliphatic rings. The molecule has 61 heavy (non-hydrogen) atoms. The van der Waals surface area contributed by atoms with Crippen LogP contribution in [0, 0.1) is 27.7 Å². The molecule has 0 atom stereocenters. The number of hydrogen-bond acceptors (Lipinski definition) is 12. The zero-order chi connectivity index (χ0) is 43.7. The van der Waals surface area contributed by atoms with E-state index in [1.54, 1.807) is 9.36 Å². The molecule has 3 N–H and O–H groups in total. The SMILES string of the molecule is CN1CCNCC1.Cc1cc(C)n(-c2nc(CBr)cc(NC3CCC(F)(F)CC3)n2)n1.Cc1cc(C)n(-c2nc(CN3CCN(C)CC3)cc(NC3CCC(F)(F)CC3)n2)n1. The van der Waals surface area contributed by atoms with Gasteiger partial charge in [-0.1, -0.05) is 15.9 Å². The highest BCUT2D eigenvalue weighted by atomic mass is 79.9. The summed E-state index contributed by atoms with van der Waals surface area (Å²) in [6.45, 7) is 17.3. The van der Waals surface area contributed by atoms with E-state index in [-0.39, 0.29) is 37.8 Å². The molecule has 0 spiro atoms. The summed E-state index contributed by atoms with van der Waals surface area (Å²) in [5.74, 6) is -2.72. The average Bonchev–Trinajstić information content (AvgIpc) is 3.75. The first kappa shape index (κ1) is 46.7. The highest BCUT2D eigenvalue weighted by molar-refractivity contribution is 9.08. The summed E-state index contributed by atoms with van der Waals surface area (Å²) in [4.78, 5) is 25.5. The van der Waals surface area contributed by atoms with Gasteiger partial charge < -0.3 is 25.8 Å². The van der Waals surface area contributed by atoms with Gasteiger partial charge in [-0.25, -0.2) is 36.9 Å². The van der Waals surface area contributed by atoms with Crippen LogP contribution >= 0.6 is 15.9 Å². The van der Waals surface area contributed by atoms with Crippen molar-refractivity contribution in [1.82, 2.24) is 59.5 Å². The van der Waals surface area contributed by atoms with Gasteiger partial charge >= 0.3 is 0 Å². The third-order valence-electron chi connectivity index (χ3n) is 11.5. The number of rotatable bonds is 9. The quantitative estimate of drug-likeness (QED) is 0.122. The van der Waals surface area contributed by atoms with Gasteiger partial charge in [0.25, 0.3) is 11.9 Å². The van der Waals surface area contributed by atoms with Gasteiger partial charge in [-0.05, 0) is 79.6 Å². The topological polar surface area (TPSA) is 133 Å². The van der Waals surface area contributed by atoms with E-state index in [1.165, 1.54) is 13.1 Å². The molecular formula is C42H63BrF4N14. The van der Waals surface area contributed by atoms with Crippen molar-refractivity contribution in [2.75, 3.05) is 77.1 Å². The van der Waals surface area contributed by atoms with Crippen molar-refractivity contribution in [2.45, 2.75) is 115 Å². The van der Waals surface area contributed by atoms with Crippen LogP contribution in [0.1, 0.15) is 85.5 Å². The summed E-state index contributed by atoms with van der Waals surface area (Å²) in [6, 6.07) is 7.77. The van der Waals surface area contributed by atoms with Crippen LogP contribution in [0.4, 0.5) is 29.2 Å². The molecule has 0 amide bonds. The van der Waals surface area contributed by atoms with E-state index in [2.05, 4.69) is 85.8 Å². The third kappa shape index (κ3) is 14.1. The van der Waals surface area contributed by atoms with Gasteiger partial charge in [0, 0.05) is 126 Å². The number of hydrogen-bond donors (Lipinski definition) is 3. The summed E-state index contributed by atoms with van der Waals surface area (Å²) in [5, 5.41) is 19.5. The second-order valence-electron chi connectivity index (χ2n) is 17.1. The van der Waals surface area contributed by atoms with Crippen molar-refractivity contribution in [1.29, 1.82) is 0 Å². The standard InChI is InChI=1S/C21H31F2N7.C16H20BrF2N5.C5H12N2/c1-15-12-16(2)30(27-15)20-25-18(14-29-10-8-28(3)9-11-29)13-19(26-20)24-17-4-6-21(22,23)7-5-17;1-10-7-11(2)24(23-10)15-21-13(9-17)8-14(22-15)20-12-3-5-16(18,19)6-4-12;1-7-4-2-6-3-5-7/h12-13,17H,4-11,14H2,1-3H3,(H,24,25,26);7-8,12H,3-6,9H2,1-2H3,(H,20,21,22);6H,2-5H2,1H3. The Morgan fingerprint density at radius 1 is 0.623 bits per heavy atom. The number of aryl methyl sites for hydroxylation is 4. The minimum atomic E-state index is -2.54. The minimum absolute atomic E-state index is 0.00400. The van der Waals surface area contributed by atoms with E-state index in [9.17, 15) is 17.6 Å². The largest absolute Gasteiger partial charge is 0.367 e. The highest BCUT2D eigenvalue weighted by Gasteiger charge is 2.36. The van der Waals surface area contributed by atoms with Crippen molar-refractivity contribution >= 4 is 27.6 Å². The average molecular weight is 920 g/mol. The molecule has 2 aliphatic carbocycles. The Kier molecular flexibility index (Phi) is 16.1. The summed E-state index contributed by atoms with van der Waals surface area (Å²) < 4.78 is 57.1. The normalized spacial score (nSPS) is 20.3. The van der Waals surface area contributed by atoms with Crippen molar-refractivity contribution in [3.05, 3.63) is 58.4 Å². The Morgan fingerprint density at radius 3 is 1.44 bits per heavy atom. The molecule has 4 aromatic rings. The molecule has 0 aromatic carbocycles. The fourth-order valence-electron chi connectivity index (χ4n) is 7.92. The zero-order valence-electron chi connectivity index (χ0n) is 36.5. The lowest BCUT2D eigenvalue weighted by Gasteiger charge is -2.32. The first-order chi connectivity index (χ1) is 29.0. The number of aromatic nitrogens is 8. The smallest absolute Gasteiger partial charge is 0.253 e. The van der Waals surface area contributed by atoms with E-state index in [0.29, 0.717) is 54.5 Å². The summed E-state index contributed by atoms with van der Waals surface area (Å²) >= 11 is 3.42. The lowest BCUT2D eigenvalue weighted by atomic mass is 9.92. The minimum Gasteiger partial charge on any atom is -0.367 e. The molecule has 2 saturated heterocycles. The molecule has 336 valence electrons. The van der Waals surface area contributed by atoms with Crippen LogP contribution in [0.15, 0.2) is 24.3 Å². The number of anilines is 2. The molecule has 6 heterocycles. The third-order valence-corrected chi connectivity index (χ3v) is 12.1. The predicted molar refractivity (Wildman–Crippen MR) is 235 cm³/mol. The van der Waals surface area contributed by atoms with Crippen LogP contribution in [0.25, 0.3) is 11.9 Å². The number of nitrogens with zero attached hydrogens (tertiary/aromatic N) is 11. The van der Waals surface area contributed by atoms with Crippen molar-refractivity contribution < 1.29 is 17.6 Å². The van der Waals surface area contributed by atoms with Crippen LogP contribution in [-0.4, -0.2) is 145 Å². The summed E-state index contributed by atoms with van der Waals surface area (Å²) in [7, 11) is 4.29. The molecule has 19 heteroatoms. The maximum atomic E-state index is 13.5. The maximum absolute atomic E-state index is 13.5. The molecule has 0 radical (unpaired) electrons. The van der Waals surface area contributed by atoms with Crippen LogP contribution in [-0.2, 0) is 11.9 Å². The molecule has 2 saturated carbocycles. The van der Waals surface area contributed by atoms with E-state index >= 15 is 0 Å². The molecule has 4 aromatic heterocycles. The van der Waals surface area contributed by atoms with Gasteiger partial charge in [-0.3, -0.25) is 4.90 Å². The Bertz CT molecular complexity index is 1990. The van der Waals surface area contributed by atoms with Crippen molar-refractivity contribution in [2.24, 2.45) is 0 Å². The van der Waals surface area contributed by atoms with Gasteiger partial charge in [0.15, 0.2) is 0 Å². The number of likely N-dealkylation sites (N-methyl/N-ethyl adjacent to an activating group) is 2. The molecule has 4 fully saturated rings. The molecule has 2 aliphatic heterocycles. The summed E-state index contributed by atoms with van der Waals surface area (Å²) in [6.07, 6.45) is 1.46. The Hall–Kier alpha value is -3.78. The lowest BCUT2D eigenvalue weighted by Crippen LogP contribution is -2.44. The Labute approximate surface area is 365 Å². The van der Waals surface area contributed by atoms with E-state index in [1.807, 2.05) is 52.0 Å². The fraction of sp³-hybridized carbons (Fsp3) is 0.667. The molecule has 0 unspecified atom stereocenters. The number of alkyl halides is 5.